The van der Waals surface area contributed by atoms with Gasteiger partial charge in [-0.2, -0.15) is 0 Å². The van der Waals surface area contributed by atoms with Crippen molar-refractivity contribution in [2.45, 2.75) is 4.90 Å². The van der Waals surface area contributed by atoms with E-state index in [0.717, 1.165) is 6.26 Å². The van der Waals surface area contributed by atoms with Crippen LogP contribution in [0.3, 0.4) is 0 Å². The topological polar surface area (TPSA) is 102 Å². The average molecular weight is 493 g/mol. The van der Waals surface area contributed by atoms with E-state index in [2.05, 4.69) is 10.6 Å². The smallest absolute Gasteiger partial charge is 0.262 e. The molecule has 0 atom stereocenters. The maximum absolute atomic E-state index is 12.5. The highest BCUT2D eigenvalue weighted by Gasteiger charge is 2.14. The fourth-order valence-electron chi connectivity index (χ4n) is 2.63. The molecule has 0 aliphatic rings. The van der Waals surface area contributed by atoms with E-state index in [1.807, 2.05) is 0 Å². The lowest BCUT2D eigenvalue weighted by molar-refractivity contribution is -0.118. The molecule has 0 saturated heterocycles. The lowest BCUT2D eigenvalue weighted by Gasteiger charge is -2.11. The molecule has 2 N–H and O–H groups in total. The van der Waals surface area contributed by atoms with Gasteiger partial charge in [0.25, 0.3) is 11.8 Å². The number of carbonyl (C=O) groups excluding carboxylic acids is 2. The van der Waals surface area contributed by atoms with Crippen LogP contribution in [0.4, 0.5) is 11.4 Å². The van der Waals surface area contributed by atoms with Crippen LogP contribution in [0.5, 0.6) is 5.75 Å². The Balaban J connectivity index is 1.61. The number of carbonyl (C=O) groups is 2. The Morgan fingerprint density at radius 2 is 1.66 bits per heavy atom. The summed E-state index contributed by atoms with van der Waals surface area (Å²) in [5, 5.41) is 6.02. The molecule has 32 heavy (non-hydrogen) atoms. The minimum absolute atomic E-state index is 0.0372. The molecule has 166 valence electrons. The van der Waals surface area contributed by atoms with Gasteiger partial charge >= 0.3 is 0 Å². The second-order valence-corrected chi connectivity index (χ2v) is 9.60. The summed E-state index contributed by atoms with van der Waals surface area (Å²) in [5.74, 6) is -0.420. The summed E-state index contributed by atoms with van der Waals surface area (Å²) in [6.45, 7) is -0.214. The maximum atomic E-state index is 12.5. The number of nitrogens with one attached hydrogen (secondary N) is 2. The van der Waals surface area contributed by atoms with Gasteiger partial charge in [-0.25, -0.2) is 8.42 Å². The monoisotopic (exact) mass is 492 g/mol. The van der Waals surface area contributed by atoms with Gasteiger partial charge in [-0.1, -0.05) is 29.3 Å². The fourth-order valence-corrected chi connectivity index (χ4v) is 3.65. The zero-order valence-electron chi connectivity index (χ0n) is 16.8. The minimum Gasteiger partial charge on any atom is -0.484 e. The van der Waals surface area contributed by atoms with Crippen molar-refractivity contribution >= 4 is 56.2 Å². The van der Waals surface area contributed by atoms with E-state index in [4.69, 9.17) is 27.9 Å². The predicted molar refractivity (Wildman–Crippen MR) is 125 cm³/mol. The standard InChI is InChI=1S/C22H18Cl2N2O5S/c1-32(29,30)18-4-2-3-14(11-18)22(28)26-20-10-7-16(12-19(20)24)25-21(27)13-31-17-8-5-15(23)6-9-17/h2-12H,13H2,1H3,(H,25,27)(H,26,28). The first-order valence-electron chi connectivity index (χ1n) is 9.21. The number of halogens is 2. The van der Waals surface area contributed by atoms with Crippen LogP contribution in [-0.2, 0) is 14.6 Å². The van der Waals surface area contributed by atoms with Gasteiger partial charge in [0.1, 0.15) is 5.75 Å². The van der Waals surface area contributed by atoms with Crippen LogP contribution >= 0.6 is 23.2 Å². The Morgan fingerprint density at radius 1 is 0.938 bits per heavy atom. The largest absolute Gasteiger partial charge is 0.484 e. The van der Waals surface area contributed by atoms with Crippen molar-refractivity contribution in [3.8, 4) is 5.75 Å². The molecule has 3 rings (SSSR count). The third kappa shape index (κ3) is 6.46. The minimum atomic E-state index is -3.44. The van der Waals surface area contributed by atoms with Crippen molar-refractivity contribution in [3.63, 3.8) is 0 Å². The zero-order valence-corrected chi connectivity index (χ0v) is 19.1. The van der Waals surface area contributed by atoms with Crippen LogP contribution in [0.1, 0.15) is 10.4 Å². The normalized spacial score (nSPS) is 11.0. The van der Waals surface area contributed by atoms with E-state index in [1.165, 1.54) is 36.4 Å². The summed E-state index contributed by atoms with van der Waals surface area (Å²) < 4.78 is 28.8. The molecule has 0 aliphatic heterocycles. The van der Waals surface area contributed by atoms with Crippen molar-refractivity contribution in [1.82, 2.24) is 0 Å². The van der Waals surface area contributed by atoms with Crippen molar-refractivity contribution < 1.29 is 22.7 Å². The number of ether oxygens (including phenoxy) is 1. The number of benzene rings is 3. The van der Waals surface area contributed by atoms with Gasteiger partial charge in [0.15, 0.2) is 16.4 Å². The molecule has 0 heterocycles. The maximum Gasteiger partial charge on any atom is 0.262 e. The highest BCUT2D eigenvalue weighted by atomic mass is 35.5. The summed E-state index contributed by atoms with van der Waals surface area (Å²) >= 11 is 12.0. The molecule has 10 heteroatoms. The van der Waals surface area contributed by atoms with Gasteiger partial charge in [0.2, 0.25) is 0 Å². The van der Waals surface area contributed by atoms with E-state index in [-0.39, 0.29) is 22.1 Å². The van der Waals surface area contributed by atoms with Crippen LogP contribution in [0.15, 0.2) is 71.6 Å². The first-order valence-corrected chi connectivity index (χ1v) is 11.9. The molecule has 0 radical (unpaired) electrons. The van der Waals surface area contributed by atoms with Gasteiger partial charge in [-0.05, 0) is 60.7 Å². The third-order valence-corrected chi connectivity index (χ3v) is 5.88. The fraction of sp³-hybridized carbons (Fsp3) is 0.0909. The molecule has 2 amide bonds. The number of sulfone groups is 1. The first-order chi connectivity index (χ1) is 15.1. The van der Waals surface area contributed by atoms with E-state index >= 15 is 0 Å². The molecule has 3 aromatic rings. The van der Waals surface area contributed by atoms with Gasteiger partial charge in [0, 0.05) is 22.5 Å². The Hall–Kier alpha value is -3.07. The molecule has 0 saturated carbocycles. The first kappa shape index (κ1) is 23.6. The average Bonchev–Trinajstić information content (AvgIpc) is 2.74. The van der Waals surface area contributed by atoms with Crippen molar-refractivity contribution in [1.29, 1.82) is 0 Å². The molecular formula is C22H18Cl2N2O5S. The second kappa shape index (κ2) is 10.0. The number of amides is 2. The van der Waals surface area contributed by atoms with Crippen LogP contribution in [0, 0.1) is 0 Å². The summed E-state index contributed by atoms with van der Waals surface area (Å²) in [6, 6.07) is 16.8. The highest BCUT2D eigenvalue weighted by Crippen LogP contribution is 2.26. The number of hydrogen-bond acceptors (Lipinski definition) is 5. The Bertz CT molecular complexity index is 1260. The molecule has 0 aromatic heterocycles. The van der Waals surface area contributed by atoms with E-state index < -0.39 is 21.7 Å². The summed E-state index contributed by atoms with van der Waals surface area (Å²) in [5.41, 5.74) is 0.884. The number of hydrogen-bond donors (Lipinski definition) is 2. The SMILES string of the molecule is CS(=O)(=O)c1cccc(C(=O)Nc2ccc(NC(=O)COc3ccc(Cl)cc3)cc2Cl)c1. The van der Waals surface area contributed by atoms with E-state index in [1.54, 1.807) is 30.3 Å². The Labute approximate surface area is 195 Å². The summed E-state index contributed by atoms with van der Waals surface area (Å²) in [4.78, 5) is 24.6. The zero-order chi connectivity index (χ0) is 23.3. The van der Waals surface area contributed by atoms with E-state index in [9.17, 15) is 18.0 Å². The molecule has 0 spiro atoms. The van der Waals surface area contributed by atoms with Crippen molar-refractivity contribution in [2.24, 2.45) is 0 Å². The lowest BCUT2D eigenvalue weighted by Crippen LogP contribution is -2.20. The highest BCUT2D eigenvalue weighted by molar-refractivity contribution is 7.90. The molecular weight excluding hydrogens is 475 g/mol. The van der Waals surface area contributed by atoms with Gasteiger partial charge in [-0.15, -0.1) is 0 Å². The lowest BCUT2D eigenvalue weighted by atomic mass is 10.2. The van der Waals surface area contributed by atoms with Crippen molar-refractivity contribution in [2.75, 3.05) is 23.5 Å². The third-order valence-electron chi connectivity index (χ3n) is 4.21. The quantitative estimate of drug-likeness (QED) is 0.498. The second-order valence-electron chi connectivity index (χ2n) is 6.74. The number of rotatable bonds is 7. The van der Waals surface area contributed by atoms with Gasteiger partial charge in [0.05, 0.1) is 15.6 Å². The van der Waals surface area contributed by atoms with Crippen molar-refractivity contribution in [3.05, 3.63) is 82.3 Å². The van der Waals surface area contributed by atoms with Crippen LogP contribution in [0.2, 0.25) is 10.0 Å². The van der Waals surface area contributed by atoms with Crippen LogP contribution in [-0.4, -0.2) is 33.1 Å². The summed E-state index contributed by atoms with van der Waals surface area (Å²) in [6.07, 6.45) is 1.06. The van der Waals surface area contributed by atoms with Crippen LogP contribution in [0.25, 0.3) is 0 Å². The molecule has 0 fully saturated rings. The predicted octanol–water partition coefficient (Wildman–Crippen LogP) is 4.67. The molecule has 0 aliphatic carbocycles. The van der Waals surface area contributed by atoms with Gasteiger partial charge < -0.3 is 15.4 Å². The molecule has 0 unspecified atom stereocenters. The molecule has 3 aromatic carbocycles. The Kier molecular flexibility index (Phi) is 7.40. The Morgan fingerprint density at radius 3 is 2.31 bits per heavy atom. The van der Waals surface area contributed by atoms with E-state index in [0.29, 0.717) is 22.1 Å². The molecule has 0 bridgehead atoms. The van der Waals surface area contributed by atoms with Crippen LogP contribution < -0.4 is 15.4 Å². The summed E-state index contributed by atoms with van der Waals surface area (Å²) in [7, 11) is -3.44. The molecule has 7 nitrogen and oxygen atoms in total. The van der Waals surface area contributed by atoms with Gasteiger partial charge in [-0.3, -0.25) is 9.59 Å². The number of anilines is 2.